The van der Waals surface area contributed by atoms with Crippen LogP contribution in [0.1, 0.15) is 50.7 Å². The molecule has 0 amide bonds. The van der Waals surface area contributed by atoms with Crippen molar-refractivity contribution in [3.05, 3.63) is 90.0 Å². The van der Waals surface area contributed by atoms with Crippen molar-refractivity contribution in [2.45, 2.75) is 52.4 Å². The Labute approximate surface area is 189 Å². The Morgan fingerprint density at radius 1 is 0.613 bits per heavy atom. The topological polar surface area (TPSA) is 0 Å². The summed E-state index contributed by atoms with van der Waals surface area (Å²) in [7, 11) is 3.08. The number of hydrogen-bond donors (Lipinski definition) is 0. The highest BCUT2D eigenvalue weighted by Gasteiger charge is 2.18. The molecule has 0 fully saturated rings. The molecule has 0 N–H and O–H groups in total. The zero-order valence-electron chi connectivity index (χ0n) is 18.8. The number of benzene rings is 4. The van der Waals surface area contributed by atoms with Crippen molar-refractivity contribution in [2.24, 2.45) is 0 Å². The summed E-state index contributed by atoms with van der Waals surface area (Å²) in [5.74, 6) is 0. The number of unbranched alkanes of at least 4 members (excludes halogenated alkanes) is 2. The smallest absolute Gasteiger partial charge is 0.00244 e. The monoisotopic (exact) mass is 424 g/mol. The Hall–Kier alpha value is -2.43. The van der Waals surface area contributed by atoms with Gasteiger partial charge in [0.05, 0.1) is 0 Å². The second-order valence-electron chi connectivity index (χ2n) is 8.46. The molecule has 4 rings (SSSR count). The van der Waals surface area contributed by atoms with Crippen LogP contribution in [-0.4, -0.2) is 0 Å². The maximum Gasteiger partial charge on any atom is -0.00244 e. The average molecular weight is 425 g/mol. The number of aryl methyl sites for hydroxylation is 2. The standard InChI is InChI=1S/C30H33P/c1-3-5-13-22-15-7-10-18-25(22)28-21-24-17-9-12-20-27(24)30(31)29(28)26-19-11-8-16-23(26)14-6-4-2/h7-12,15-21H,3-6,13-14,31H2,1-2H3. The van der Waals surface area contributed by atoms with Gasteiger partial charge in [0.25, 0.3) is 0 Å². The molecule has 158 valence electrons. The van der Waals surface area contributed by atoms with Crippen molar-refractivity contribution >= 4 is 25.3 Å². The summed E-state index contributed by atoms with van der Waals surface area (Å²) < 4.78 is 0. The molecule has 0 aromatic heterocycles. The zero-order chi connectivity index (χ0) is 21.6. The van der Waals surface area contributed by atoms with Gasteiger partial charge in [-0.1, -0.05) is 99.5 Å². The van der Waals surface area contributed by atoms with Crippen molar-refractivity contribution in [1.82, 2.24) is 0 Å². The van der Waals surface area contributed by atoms with Gasteiger partial charge in [-0.05, 0) is 81.2 Å². The van der Waals surface area contributed by atoms with E-state index in [9.17, 15) is 0 Å². The molecule has 0 saturated carbocycles. The molecule has 31 heavy (non-hydrogen) atoms. The van der Waals surface area contributed by atoms with E-state index in [2.05, 4.69) is 102 Å². The van der Waals surface area contributed by atoms with Crippen LogP contribution in [0.25, 0.3) is 33.0 Å². The van der Waals surface area contributed by atoms with Gasteiger partial charge in [-0.2, -0.15) is 0 Å². The number of hydrogen-bond acceptors (Lipinski definition) is 0. The van der Waals surface area contributed by atoms with Crippen molar-refractivity contribution in [3.63, 3.8) is 0 Å². The fraction of sp³-hybridized carbons (Fsp3) is 0.267. The molecule has 0 saturated heterocycles. The van der Waals surface area contributed by atoms with Gasteiger partial charge in [0, 0.05) is 0 Å². The first-order valence-corrected chi connectivity index (χ1v) is 12.3. The molecule has 0 radical (unpaired) electrons. The lowest BCUT2D eigenvalue weighted by atomic mass is 9.86. The largest absolute Gasteiger partial charge is 0.104 e. The van der Waals surface area contributed by atoms with Gasteiger partial charge in [-0.25, -0.2) is 0 Å². The predicted molar refractivity (Wildman–Crippen MR) is 141 cm³/mol. The van der Waals surface area contributed by atoms with Crippen molar-refractivity contribution in [3.8, 4) is 22.3 Å². The van der Waals surface area contributed by atoms with Crippen molar-refractivity contribution in [1.29, 1.82) is 0 Å². The van der Waals surface area contributed by atoms with Gasteiger partial charge in [-0.3, -0.25) is 0 Å². The fourth-order valence-electron chi connectivity index (χ4n) is 4.60. The molecule has 0 nitrogen and oxygen atoms in total. The average Bonchev–Trinajstić information content (AvgIpc) is 2.82. The van der Waals surface area contributed by atoms with Crippen LogP contribution in [-0.2, 0) is 12.8 Å². The molecule has 0 aliphatic heterocycles. The molecule has 1 atom stereocenters. The molecular formula is C30H33P. The first kappa shape index (κ1) is 21.8. The summed E-state index contributed by atoms with van der Waals surface area (Å²) in [5, 5.41) is 3.94. The quantitative estimate of drug-likeness (QED) is 0.249. The first-order valence-electron chi connectivity index (χ1n) is 11.7. The van der Waals surface area contributed by atoms with Crippen molar-refractivity contribution in [2.75, 3.05) is 0 Å². The van der Waals surface area contributed by atoms with Crippen LogP contribution in [0.5, 0.6) is 0 Å². The van der Waals surface area contributed by atoms with Crippen molar-refractivity contribution < 1.29 is 0 Å². The van der Waals surface area contributed by atoms with Gasteiger partial charge in [0.2, 0.25) is 0 Å². The highest BCUT2D eigenvalue weighted by Crippen LogP contribution is 2.39. The second kappa shape index (κ2) is 10.3. The summed E-state index contributed by atoms with van der Waals surface area (Å²) in [5.41, 5.74) is 8.41. The molecule has 1 heteroatoms. The second-order valence-corrected chi connectivity index (χ2v) is 9.03. The minimum atomic E-state index is 1.13. The van der Waals surface area contributed by atoms with E-state index in [1.54, 1.807) is 0 Å². The van der Waals surface area contributed by atoms with Gasteiger partial charge < -0.3 is 0 Å². The molecule has 4 aromatic carbocycles. The van der Waals surface area contributed by atoms with Crippen LogP contribution in [0.15, 0.2) is 78.9 Å². The highest BCUT2D eigenvalue weighted by atomic mass is 31.0. The minimum absolute atomic E-state index is 1.13. The molecule has 1 unspecified atom stereocenters. The Morgan fingerprint density at radius 2 is 1.16 bits per heavy atom. The number of rotatable bonds is 8. The number of fused-ring (bicyclic) bond motifs is 1. The van der Waals surface area contributed by atoms with Crippen LogP contribution >= 0.6 is 9.24 Å². The Morgan fingerprint density at radius 3 is 1.84 bits per heavy atom. The Kier molecular flexibility index (Phi) is 7.21. The molecule has 0 bridgehead atoms. The molecule has 0 aliphatic carbocycles. The normalized spacial score (nSPS) is 11.2. The zero-order valence-corrected chi connectivity index (χ0v) is 20.0. The minimum Gasteiger partial charge on any atom is -0.104 e. The van der Waals surface area contributed by atoms with Crippen LogP contribution in [0.3, 0.4) is 0 Å². The molecule has 0 spiro atoms. The maximum absolute atomic E-state index is 3.08. The predicted octanol–water partition coefficient (Wildman–Crippen LogP) is 8.36. The van der Waals surface area contributed by atoms with E-state index in [4.69, 9.17) is 0 Å². The first-order chi connectivity index (χ1) is 15.2. The lowest BCUT2D eigenvalue weighted by Gasteiger charge is -2.21. The van der Waals surface area contributed by atoms with E-state index in [1.165, 1.54) is 75.1 Å². The van der Waals surface area contributed by atoms with E-state index >= 15 is 0 Å². The van der Waals surface area contributed by atoms with Gasteiger partial charge >= 0.3 is 0 Å². The third-order valence-corrected chi connectivity index (χ3v) is 6.88. The molecular weight excluding hydrogens is 391 g/mol. The lowest BCUT2D eigenvalue weighted by molar-refractivity contribution is 0.795. The van der Waals surface area contributed by atoms with E-state index in [1.807, 2.05) is 0 Å². The Balaban J connectivity index is 2.02. The SMILES string of the molecule is CCCCc1ccccc1-c1cc2ccccc2c(P)c1-c1ccccc1CCCC. The summed E-state index contributed by atoms with van der Waals surface area (Å²) in [6, 6.07) is 29.2. The highest BCUT2D eigenvalue weighted by molar-refractivity contribution is 7.29. The van der Waals surface area contributed by atoms with Gasteiger partial charge in [-0.15, -0.1) is 9.24 Å². The van der Waals surface area contributed by atoms with Crippen LogP contribution in [0.4, 0.5) is 0 Å². The Bertz CT molecular complexity index is 1170. The van der Waals surface area contributed by atoms with E-state index in [0.29, 0.717) is 0 Å². The van der Waals surface area contributed by atoms with E-state index in [-0.39, 0.29) is 0 Å². The van der Waals surface area contributed by atoms with Crippen LogP contribution in [0.2, 0.25) is 0 Å². The summed E-state index contributed by atoms with van der Waals surface area (Å²) in [4.78, 5) is 0. The lowest BCUT2D eigenvalue weighted by Crippen LogP contribution is -2.05. The molecule has 0 heterocycles. The fourth-order valence-corrected chi connectivity index (χ4v) is 5.17. The van der Waals surface area contributed by atoms with E-state index < -0.39 is 0 Å². The van der Waals surface area contributed by atoms with Gasteiger partial charge in [0.1, 0.15) is 0 Å². The van der Waals surface area contributed by atoms with Crippen LogP contribution < -0.4 is 5.30 Å². The molecule has 4 aromatic rings. The third kappa shape index (κ3) is 4.60. The third-order valence-electron chi connectivity index (χ3n) is 6.28. The van der Waals surface area contributed by atoms with Gasteiger partial charge in [0.15, 0.2) is 0 Å². The molecule has 0 aliphatic rings. The maximum atomic E-state index is 3.08. The van der Waals surface area contributed by atoms with E-state index in [0.717, 1.165) is 12.8 Å². The summed E-state index contributed by atoms with van der Waals surface area (Å²) >= 11 is 0. The van der Waals surface area contributed by atoms with Crippen LogP contribution in [0, 0.1) is 0 Å². The summed E-state index contributed by atoms with van der Waals surface area (Å²) in [6.07, 6.45) is 7.13. The summed E-state index contributed by atoms with van der Waals surface area (Å²) in [6.45, 7) is 4.55.